The average Bonchev–Trinajstić information content (AvgIpc) is 3.13. The van der Waals surface area contributed by atoms with Crippen molar-refractivity contribution in [3.05, 3.63) is 16.2 Å². The normalized spacial score (nSPS) is 25.4. The van der Waals surface area contributed by atoms with Crippen LogP contribution in [0, 0.1) is 0 Å². The number of carbonyl (C=O) groups is 1. The predicted octanol–water partition coefficient (Wildman–Crippen LogP) is 0.335. The molecule has 4 N–H and O–H groups in total. The number of aliphatic hydroxyl groups is 1. The van der Waals surface area contributed by atoms with Crippen molar-refractivity contribution in [3.63, 3.8) is 0 Å². The van der Waals surface area contributed by atoms with Crippen LogP contribution in [0.5, 0.6) is 0 Å². The quantitative estimate of drug-likeness (QED) is 0.417. The Morgan fingerprint density at radius 3 is 2.78 bits per heavy atom. The zero-order valence-electron chi connectivity index (χ0n) is 15.2. The van der Waals surface area contributed by atoms with Gasteiger partial charge < -0.3 is 20.3 Å². The Kier molecular flexibility index (Phi) is 5.45. The van der Waals surface area contributed by atoms with E-state index in [4.69, 9.17) is 15.2 Å². The van der Waals surface area contributed by atoms with Crippen LogP contribution in [-0.4, -0.2) is 54.7 Å². The number of aliphatic hydroxyl groups excluding tert-OH is 1. The molecule has 1 fully saturated rings. The van der Waals surface area contributed by atoms with Gasteiger partial charge in [-0.15, -0.1) is 0 Å². The molecule has 1 aliphatic heterocycles. The molecule has 1 saturated heterocycles. The SMILES string of the molecule is CCC(=O)O[C@@H]1[C@H](O)[C@@H](CS)O[C@H]1n1c(C(C)C)nc2c(=O)[nH]c(N)nc21. The summed E-state index contributed by atoms with van der Waals surface area (Å²) in [6, 6.07) is 0. The first-order chi connectivity index (χ1) is 12.8. The summed E-state index contributed by atoms with van der Waals surface area (Å²) in [6.45, 7) is 5.44. The number of hydrogen-bond acceptors (Lipinski definition) is 9. The standard InChI is InChI=1S/C16H23N5O5S/c1-4-8(22)26-11-10(23)7(5-27)25-15(11)21-12(6(2)3)18-9-13(21)19-16(17)20-14(9)24/h6-7,10-11,15,23,27H,4-5H2,1-3H3,(H3,17,19,20,24)/t7-,10-,11-,15-/m1/s1. The minimum Gasteiger partial charge on any atom is -0.455 e. The molecular formula is C16H23N5O5S. The van der Waals surface area contributed by atoms with Crippen molar-refractivity contribution in [1.82, 2.24) is 19.5 Å². The minimum absolute atomic E-state index is 0.0738. The van der Waals surface area contributed by atoms with Crippen LogP contribution < -0.4 is 11.3 Å². The second kappa shape index (κ2) is 7.49. The molecule has 4 atom stereocenters. The van der Waals surface area contributed by atoms with Crippen molar-refractivity contribution in [2.75, 3.05) is 11.5 Å². The first-order valence-electron chi connectivity index (χ1n) is 8.69. The van der Waals surface area contributed by atoms with Crippen LogP contribution in [0.3, 0.4) is 0 Å². The number of ether oxygens (including phenoxy) is 2. The summed E-state index contributed by atoms with van der Waals surface area (Å²) < 4.78 is 12.9. The van der Waals surface area contributed by atoms with Gasteiger partial charge >= 0.3 is 5.97 Å². The van der Waals surface area contributed by atoms with E-state index in [2.05, 4.69) is 27.6 Å². The van der Waals surface area contributed by atoms with Gasteiger partial charge in [0.05, 0.1) is 6.10 Å². The number of nitrogens with one attached hydrogen (secondary N) is 1. The van der Waals surface area contributed by atoms with Gasteiger partial charge in [0.2, 0.25) is 5.95 Å². The van der Waals surface area contributed by atoms with E-state index < -0.39 is 36.1 Å². The zero-order chi connectivity index (χ0) is 19.9. The fourth-order valence-corrected chi connectivity index (χ4v) is 3.42. The van der Waals surface area contributed by atoms with E-state index in [1.165, 1.54) is 0 Å². The molecule has 27 heavy (non-hydrogen) atoms. The summed E-state index contributed by atoms with van der Waals surface area (Å²) in [5.74, 6) is 0.0717. The molecule has 2 aromatic heterocycles. The Hall–Kier alpha value is -2.11. The highest BCUT2D eigenvalue weighted by molar-refractivity contribution is 7.80. The number of H-pyrrole nitrogens is 1. The number of aromatic nitrogens is 4. The van der Waals surface area contributed by atoms with Crippen LogP contribution in [0.2, 0.25) is 0 Å². The van der Waals surface area contributed by atoms with Gasteiger partial charge in [-0.25, -0.2) is 4.98 Å². The lowest BCUT2D eigenvalue weighted by Crippen LogP contribution is -2.36. The predicted molar refractivity (Wildman–Crippen MR) is 101 cm³/mol. The highest BCUT2D eigenvalue weighted by Gasteiger charge is 2.48. The number of nitrogens with two attached hydrogens (primary N) is 1. The zero-order valence-corrected chi connectivity index (χ0v) is 16.1. The van der Waals surface area contributed by atoms with Crippen LogP contribution in [0.25, 0.3) is 11.2 Å². The van der Waals surface area contributed by atoms with Gasteiger partial charge in [0.15, 0.2) is 23.5 Å². The first-order valence-corrected chi connectivity index (χ1v) is 9.33. The molecule has 10 nitrogen and oxygen atoms in total. The number of anilines is 1. The molecule has 148 valence electrons. The van der Waals surface area contributed by atoms with Gasteiger partial charge in [0.1, 0.15) is 11.9 Å². The largest absolute Gasteiger partial charge is 0.455 e. The molecule has 0 unspecified atom stereocenters. The smallest absolute Gasteiger partial charge is 0.306 e. The molecule has 2 aromatic rings. The number of thiol groups is 1. The summed E-state index contributed by atoms with van der Waals surface area (Å²) in [6.07, 6.45) is -3.51. The fourth-order valence-electron chi connectivity index (χ4n) is 3.11. The van der Waals surface area contributed by atoms with E-state index in [0.717, 1.165) is 0 Å². The van der Waals surface area contributed by atoms with Crippen molar-refractivity contribution >= 4 is 35.7 Å². The molecule has 0 aromatic carbocycles. The van der Waals surface area contributed by atoms with E-state index >= 15 is 0 Å². The third-order valence-electron chi connectivity index (χ3n) is 4.42. The molecule has 0 amide bonds. The van der Waals surface area contributed by atoms with Gasteiger partial charge in [-0.05, 0) is 0 Å². The lowest BCUT2D eigenvalue weighted by molar-refractivity contribution is -0.158. The lowest BCUT2D eigenvalue weighted by Gasteiger charge is -2.24. The highest BCUT2D eigenvalue weighted by atomic mass is 32.1. The highest BCUT2D eigenvalue weighted by Crippen LogP contribution is 2.36. The maximum Gasteiger partial charge on any atom is 0.306 e. The molecule has 3 rings (SSSR count). The molecule has 1 aliphatic rings. The third-order valence-corrected chi connectivity index (χ3v) is 4.78. The number of nitrogens with zero attached hydrogens (tertiary/aromatic N) is 3. The van der Waals surface area contributed by atoms with Gasteiger partial charge in [0.25, 0.3) is 5.56 Å². The molecule has 0 bridgehead atoms. The summed E-state index contributed by atoms with van der Waals surface area (Å²) >= 11 is 4.20. The number of rotatable bonds is 5. The maximum absolute atomic E-state index is 12.3. The molecule has 0 radical (unpaired) electrons. The van der Waals surface area contributed by atoms with Crippen molar-refractivity contribution in [3.8, 4) is 0 Å². The number of esters is 1. The topological polar surface area (TPSA) is 145 Å². The van der Waals surface area contributed by atoms with E-state index in [1.54, 1.807) is 11.5 Å². The van der Waals surface area contributed by atoms with Crippen LogP contribution in [0.15, 0.2) is 4.79 Å². The fraction of sp³-hybridized carbons (Fsp3) is 0.625. The number of nitrogen functional groups attached to an aromatic ring is 1. The lowest BCUT2D eigenvalue weighted by atomic mass is 10.1. The van der Waals surface area contributed by atoms with Gasteiger partial charge in [0, 0.05) is 18.1 Å². The van der Waals surface area contributed by atoms with Gasteiger partial charge in [-0.1, -0.05) is 20.8 Å². The van der Waals surface area contributed by atoms with Crippen LogP contribution >= 0.6 is 12.6 Å². The summed E-state index contributed by atoms with van der Waals surface area (Å²) in [5.41, 5.74) is 5.52. The number of fused-ring (bicyclic) bond motifs is 1. The van der Waals surface area contributed by atoms with Crippen molar-refractivity contribution < 1.29 is 19.4 Å². The Labute approximate surface area is 160 Å². The molecule has 0 saturated carbocycles. The molecule has 0 spiro atoms. The second-order valence-corrected chi connectivity index (χ2v) is 7.03. The minimum atomic E-state index is -1.08. The Balaban J connectivity index is 2.20. The average molecular weight is 397 g/mol. The summed E-state index contributed by atoms with van der Waals surface area (Å²) in [5, 5.41) is 10.6. The van der Waals surface area contributed by atoms with Crippen molar-refractivity contribution in [2.24, 2.45) is 0 Å². The number of imidazole rings is 1. The van der Waals surface area contributed by atoms with E-state index in [9.17, 15) is 14.7 Å². The monoisotopic (exact) mass is 397 g/mol. The maximum atomic E-state index is 12.3. The summed E-state index contributed by atoms with van der Waals surface area (Å²) in [7, 11) is 0. The number of hydrogen-bond donors (Lipinski definition) is 4. The van der Waals surface area contributed by atoms with Crippen molar-refractivity contribution in [2.45, 2.75) is 57.6 Å². The Bertz CT molecular complexity index is 910. The molecule has 11 heteroatoms. The number of carbonyl (C=O) groups excluding carboxylic acids is 1. The Morgan fingerprint density at radius 1 is 1.48 bits per heavy atom. The first kappa shape index (κ1) is 19.6. The summed E-state index contributed by atoms with van der Waals surface area (Å²) in [4.78, 5) is 35.1. The molecular weight excluding hydrogens is 374 g/mol. The van der Waals surface area contributed by atoms with Crippen LogP contribution in [0.1, 0.15) is 45.2 Å². The van der Waals surface area contributed by atoms with Gasteiger partial charge in [-0.2, -0.15) is 17.6 Å². The Morgan fingerprint density at radius 2 is 2.19 bits per heavy atom. The van der Waals surface area contributed by atoms with Gasteiger partial charge in [-0.3, -0.25) is 19.1 Å². The van der Waals surface area contributed by atoms with Crippen LogP contribution in [0.4, 0.5) is 5.95 Å². The third kappa shape index (κ3) is 3.42. The van der Waals surface area contributed by atoms with Crippen LogP contribution in [-0.2, 0) is 14.3 Å². The second-order valence-electron chi connectivity index (χ2n) is 6.66. The van der Waals surface area contributed by atoms with E-state index in [1.807, 2.05) is 13.8 Å². The van der Waals surface area contributed by atoms with Crippen molar-refractivity contribution in [1.29, 1.82) is 0 Å². The van der Waals surface area contributed by atoms with E-state index in [-0.39, 0.29) is 35.2 Å². The molecule has 3 heterocycles. The number of aromatic amines is 1. The van der Waals surface area contributed by atoms with E-state index in [0.29, 0.717) is 5.82 Å². The molecule has 0 aliphatic carbocycles.